The number of nitrogens with two attached hydrogens (primary N) is 2. The van der Waals surface area contributed by atoms with Crippen molar-refractivity contribution in [1.82, 2.24) is 36.8 Å². The van der Waals surface area contributed by atoms with Crippen molar-refractivity contribution < 1.29 is 48.3 Å². The van der Waals surface area contributed by atoms with Crippen LogP contribution >= 0.6 is 0 Å². The van der Waals surface area contributed by atoms with Gasteiger partial charge in [-0.2, -0.15) is 0 Å². The number of rotatable bonds is 21. The smallest absolute Gasteiger partial charge is 0.322 e. The number of hydrogen-bond donors (Lipinski definition) is 9. The molecular weight excluding hydrogens is 658 g/mol. The molecule has 1 fully saturated rings. The average Bonchev–Trinajstić information content (AvgIpc) is 3.55. The maximum Gasteiger partial charge on any atom is 0.322 e. The second-order valence-electron chi connectivity index (χ2n) is 12.8. The van der Waals surface area contributed by atoms with Crippen molar-refractivity contribution in [3.05, 3.63) is 0 Å². The molecule has 0 spiro atoms. The van der Waals surface area contributed by atoms with Gasteiger partial charge in [0.25, 0.3) is 0 Å². The summed E-state index contributed by atoms with van der Waals surface area (Å²) in [6.45, 7) is 7.20. The highest BCUT2D eigenvalue weighted by Gasteiger charge is 2.38. The Kier molecular flexibility index (Phi) is 18.4. The largest absolute Gasteiger partial charge is 0.480 e. The number of nitrogens with zero attached hydrogens (tertiary/aromatic N) is 1. The molecule has 1 aliphatic heterocycles. The fourth-order valence-electron chi connectivity index (χ4n) is 5.06. The topological polar surface area (TPSA) is 301 Å². The van der Waals surface area contributed by atoms with E-state index in [4.69, 9.17) is 16.6 Å². The van der Waals surface area contributed by atoms with E-state index in [9.17, 15) is 43.2 Å². The van der Waals surface area contributed by atoms with Crippen molar-refractivity contribution in [3.63, 3.8) is 0 Å². The summed E-state index contributed by atoms with van der Waals surface area (Å²) in [5, 5.41) is 23.6. The third kappa shape index (κ3) is 15.2. The zero-order valence-electron chi connectivity index (χ0n) is 29.3. The van der Waals surface area contributed by atoms with Crippen LogP contribution in [0.25, 0.3) is 0 Å². The number of likely N-dealkylation sites (tertiary alicyclic amines) is 1. The van der Waals surface area contributed by atoms with Gasteiger partial charge in [-0.25, -0.2) is 0 Å². The summed E-state index contributed by atoms with van der Waals surface area (Å²) in [6.07, 6.45) is 1.45. The Bertz CT molecular complexity index is 1260. The molecule has 282 valence electrons. The Hall–Kier alpha value is -4.81. The van der Waals surface area contributed by atoms with E-state index in [-0.39, 0.29) is 37.6 Å². The van der Waals surface area contributed by atoms with Crippen LogP contribution in [-0.4, -0.2) is 120 Å². The molecule has 11 N–H and O–H groups in total. The second kappa shape index (κ2) is 21.3. The molecule has 0 aromatic rings. The molecule has 19 nitrogen and oxygen atoms in total. The monoisotopic (exact) mass is 711 g/mol. The molecule has 19 heteroatoms. The fourth-order valence-corrected chi connectivity index (χ4v) is 5.06. The van der Waals surface area contributed by atoms with Crippen LogP contribution in [0, 0.1) is 11.8 Å². The lowest BCUT2D eigenvalue weighted by Gasteiger charge is -2.29. The van der Waals surface area contributed by atoms with Crippen molar-refractivity contribution in [2.75, 3.05) is 26.2 Å². The van der Waals surface area contributed by atoms with Gasteiger partial charge in [-0.1, -0.05) is 34.1 Å². The minimum absolute atomic E-state index is 0.00431. The number of nitrogens with one attached hydrogen (secondary N) is 6. The summed E-state index contributed by atoms with van der Waals surface area (Å²) in [7, 11) is 0. The first-order valence-corrected chi connectivity index (χ1v) is 16.7. The van der Waals surface area contributed by atoms with Crippen LogP contribution in [0.4, 0.5) is 0 Å². The maximum atomic E-state index is 13.5. The molecule has 0 radical (unpaired) electrons. The van der Waals surface area contributed by atoms with Crippen LogP contribution in [-0.2, 0) is 43.2 Å². The molecule has 0 bridgehead atoms. The number of carbonyl (C=O) groups is 9. The SMILES string of the molecule is CCC(C)C(NC(=O)C(C)NC(=O)CNC(=O)C(N)CCC(N)=O)C(=O)NCC(=O)NC(CC(C)C)C(=O)N1CCCC1C(=O)NCC(=O)O. The Morgan fingerprint density at radius 2 is 1.42 bits per heavy atom. The van der Waals surface area contributed by atoms with Gasteiger partial charge in [-0.3, -0.25) is 43.2 Å². The summed E-state index contributed by atoms with van der Waals surface area (Å²) >= 11 is 0. The van der Waals surface area contributed by atoms with E-state index < -0.39 is 103 Å². The summed E-state index contributed by atoms with van der Waals surface area (Å²) in [6, 6.07) is -5.16. The van der Waals surface area contributed by atoms with Crippen molar-refractivity contribution in [3.8, 4) is 0 Å². The predicted molar refractivity (Wildman–Crippen MR) is 178 cm³/mol. The summed E-state index contributed by atoms with van der Waals surface area (Å²) in [5.41, 5.74) is 10.7. The average molecular weight is 712 g/mol. The zero-order chi connectivity index (χ0) is 38.1. The second-order valence-corrected chi connectivity index (χ2v) is 12.8. The lowest BCUT2D eigenvalue weighted by atomic mass is 9.98. The third-order valence-electron chi connectivity index (χ3n) is 8.04. The number of carbonyl (C=O) groups excluding carboxylic acids is 8. The van der Waals surface area contributed by atoms with Gasteiger partial charge in [0.1, 0.15) is 30.7 Å². The molecule has 1 aliphatic rings. The third-order valence-corrected chi connectivity index (χ3v) is 8.04. The quantitative estimate of drug-likeness (QED) is 0.0564. The molecule has 50 heavy (non-hydrogen) atoms. The molecule has 1 saturated heterocycles. The molecule has 1 rings (SSSR count). The van der Waals surface area contributed by atoms with Crippen LogP contribution < -0.4 is 43.4 Å². The molecule has 0 aromatic carbocycles. The van der Waals surface area contributed by atoms with Gasteiger partial charge in [-0.05, 0) is 44.4 Å². The highest BCUT2D eigenvalue weighted by molar-refractivity contribution is 5.96. The van der Waals surface area contributed by atoms with Crippen LogP contribution in [0.2, 0.25) is 0 Å². The fraction of sp³-hybridized carbons (Fsp3) is 0.710. The van der Waals surface area contributed by atoms with E-state index in [1.165, 1.54) is 11.8 Å². The Morgan fingerprint density at radius 1 is 0.820 bits per heavy atom. The standard InChI is InChI=1S/C31H53N9O10/c1-6-17(4)26(39-27(46)18(5)37-23(42)13-34-28(47)19(32)9-10-22(33)41)30(49)35-14-24(43)38-20(12-16(2)3)31(50)40-11-7-8-21(40)29(48)36-15-25(44)45/h16-21,26H,6-15,32H2,1-5H3,(H2,33,41)(H,34,47)(H,35,49)(H,36,48)(H,37,42)(H,38,43)(H,39,46)(H,44,45). The van der Waals surface area contributed by atoms with Crippen molar-refractivity contribution in [2.24, 2.45) is 23.3 Å². The summed E-state index contributed by atoms with van der Waals surface area (Å²) in [4.78, 5) is 112. The molecule has 1 heterocycles. The van der Waals surface area contributed by atoms with E-state index in [1.54, 1.807) is 13.8 Å². The lowest BCUT2D eigenvalue weighted by molar-refractivity contribution is -0.143. The van der Waals surface area contributed by atoms with Gasteiger partial charge in [0.2, 0.25) is 47.3 Å². The number of hydrogen-bond acceptors (Lipinski definition) is 10. The van der Waals surface area contributed by atoms with E-state index in [2.05, 4.69) is 31.9 Å². The number of primary amides is 1. The minimum Gasteiger partial charge on any atom is -0.480 e. The predicted octanol–water partition coefficient (Wildman–Crippen LogP) is -3.43. The molecule has 0 aromatic heterocycles. The van der Waals surface area contributed by atoms with Gasteiger partial charge in [-0.15, -0.1) is 0 Å². The molecule has 8 amide bonds. The van der Waals surface area contributed by atoms with Gasteiger partial charge in [0.15, 0.2) is 0 Å². The number of carboxylic acids is 1. The van der Waals surface area contributed by atoms with Gasteiger partial charge >= 0.3 is 5.97 Å². The zero-order valence-corrected chi connectivity index (χ0v) is 29.3. The van der Waals surface area contributed by atoms with E-state index in [0.29, 0.717) is 19.3 Å². The van der Waals surface area contributed by atoms with E-state index in [0.717, 1.165) is 0 Å². The number of aliphatic carboxylic acids is 1. The minimum atomic E-state index is -1.22. The van der Waals surface area contributed by atoms with E-state index >= 15 is 0 Å². The van der Waals surface area contributed by atoms with Gasteiger partial charge in [0, 0.05) is 13.0 Å². The molecule has 0 aliphatic carbocycles. The first kappa shape index (κ1) is 43.2. The van der Waals surface area contributed by atoms with Crippen LogP contribution in [0.15, 0.2) is 0 Å². The van der Waals surface area contributed by atoms with Crippen molar-refractivity contribution in [1.29, 1.82) is 0 Å². The highest BCUT2D eigenvalue weighted by atomic mass is 16.4. The summed E-state index contributed by atoms with van der Waals surface area (Å²) < 4.78 is 0. The molecule has 6 unspecified atom stereocenters. The van der Waals surface area contributed by atoms with Crippen molar-refractivity contribution >= 4 is 53.2 Å². The van der Waals surface area contributed by atoms with Gasteiger partial charge in [0.05, 0.1) is 19.1 Å². The maximum absolute atomic E-state index is 13.5. The van der Waals surface area contributed by atoms with Crippen LogP contribution in [0.5, 0.6) is 0 Å². The Morgan fingerprint density at radius 3 is 1.98 bits per heavy atom. The van der Waals surface area contributed by atoms with Gasteiger partial charge < -0.3 is 53.4 Å². The first-order chi connectivity index (χ1) is 23.4. The Balaban J connectivity index is 2.78. The lowest BCUT2D eigenvalue weighted by Crippen LogP contribution is -2.57. The highest BCUT2D eigenvalue weighted by Crippen LogP contribution is 2.20. The van der Waals surface area contributed by atoms with Crippen LogP contribution in [0.1, 0.15) is 73.1 Å². The molecule has 6 atom stereocenters. The molecule has 0 saturated carbocycles. The number of carboxylic acid groups (broad SMARTS) is 1. The summed E-state index contributed by atoms with van der Waals surface area (Å²) in [5.74, 6) is -6.84. The number of amides is 8. The van der Waals surface area contributed by atoms with Crippen molar-refractivity contribution in [2.45, 2.75) is 103 Å². The normalized spacial score (nSPS) is 16.9. The Labute approximate surface area is 291 Å². The van der Waals surface area contributed by atoms with E-state index in [1.807, 2.05) is 13.8 Å². The molecular formula is C31H53N9O10. The first-order valence-electron chi connectivity index (χ1n) is 16.7. The van der Waals surface area contributed by atoms with Crippen LogP contribution in [0.3, 0.4) is 0 Å².